The number of nitrogens with one attached hydrogen (secondary N) is 1. The predicted molar refractivity (Wildman–Crippen MR) is 59.5 cm³/mol. The minimum absolute atomic E-state index is 0.0355. The van der Waals surface area contributed by atoms with Crippen molar-refractivity contribution in [3.05, 3.63) is 0 Å². The highest BCUT2D eigenvalue weighted by atomic mass is 16.1. The van der Waals surface area contributed by atoms with Crippen LogP contribution in [0.3, 0.4) is 0 Å². The second-order valence-corrected chi connectivity index (χ2v) is 4.03. The van der Waals surface area contributed by atoms with Gasteiger partial charge in [0.2, 0.25) is 6.41 Å². The molecule has 0 bridgehead atoms. The minimum atomic E-state index is 0.0355. The molecule has 0 saturated heterocycles. The van der Waals surface area contributed by atoms with Crippen LogP contribution in [-0.4, -0.2) is 19.7 Å². The standard InChI is InChI=1S/C10H22BNO/c1-3-5-7-10(11,12-9-13)8-6-4-2/h9H,3-8,11H2,1-2H3,(H,12,13). The van der Waals surface area contributed by atoms with Crippen molar-refractivity contribution in [2.75, 3.05) is 0 Å². The van der Waals surface area contributed by atoms with Crippen molar-refractivity contribution in [2.24, 2.45) is 0 Å². The van der Waals surface area contributed by atoms with Crippen molar-refractivity contribution in [1.82, 2.24) is 5.32 Å². The lowest BCUT2D eigenvalue weighted by Gasteiger charge is -2.29. The number of hydrogen-bond donors (Lipinski definition) is 1. The second kappa shape index (κ2) is 6.99. The first kappa shape index (κ1) is 12.5. The molecule has 0 radical (unpaired) electrons. The Hall–Kier alpha value is -0.465. The Morgan fingerprint density at radius 3 is 2.00 bits per heavy atom. The summed E-state index contributed by atoms with van der Waals surface area (Å²) < 4.78 is 0. The molecule has 0 aromatic heterocycles. The Morgan fingerprint density at radius 1 is 1.23 bits per heavy atom. The van der Waals surface area contributed by atoms with Crippen LogP contribution in [0.15, 0.2) is 0 Å². The van der Waals surface area contributed by atoms with E-state index in [-0.39, 0.29) is 5.44 Å². The molecular formula is C10H22BNO. The van der Waals surface area contributed by atoms with E-state index in [2.05, 4.69) is 27.0 Å². The molecule has 0 aliphatic carbocycles. The number of unbranched alkanes of at least 4 members (excludes halogenated alkanes) is 2. The SMILES string of the molecule is BC(CCCC)(CCCC)NC=O. The van der Waals surface area contributed by atoms with Gasteiger partial charge in [0.25, 0.3) is 0 Å². The van der Waals surface area contributed by atoms with Gasteiger partial charge in [-0.15, -0.1) is 0 Å². The number of carbonyl (C=O) groups excluding carboxylic acids is 1. The van der Waals surface area contributed by atoms with Gasteiger partial charge in [0.05, 0.1) is 0 Å². The van der Waals surface area contributed by atoms with Gasteiger partial charge < -0.3 is 5.32 Å². The van der Waals surface area contributed by atoms with Crippen molar-refractivity contribution < 1.29 is 4.79 Å². The van der Waals surface area contributed by atoms with Crippen molar-refractivity contribution in [3.63, 3.8) is 0 Å². The fourth-order valence-corrected chi connectivity index (χ4v) is 1.55. The molecule has 1 N–H and O–H groups in total. The average Bonchev–Trinajstić information content (AvgIpc) is 2.12. The first-order valence-corrected chi connectivity index (χ1v) is 5.40. The summed E-state index contributed by atoms with van der Waals surface area (Å²) in [6, 6.07) is 0. The number of carbonyl (C=O) groups is 1. The molecule has 0 aromatic carbocycles. The zero-order chi connectivity index (χ0) is 10.2. The monoisotopic (exact) mass is 183 g/mol. The molecular weight excluding hydrogens is 161 g/mol. The van der Waals surface area contributed by atoms with Gasteiger partial charge in [0, 0.05) is 5.44 Å². The number of amides is 1. The summed E-state index contributed by atoms with van der Waals surface area (Å²) in [5.41, 5.74) is 0.0355. The number of rotatable bonds is 8. The zero-order valence-electron chi connectivity index (χ0n) is 9.23. The topological polar surface area (TPSA) is 29.1 Å². The summed E-state index contributed by atoms with van der Waals surface area (Å²) >= 11 is 0. The van der Waals surface area contributed by atoms with Crippen LogP contribution in [-0.2, 0) is 4.79 Å². The van der Waals surface area contributed by atoms with Gasteiger partial charge in [-0.2, -0.15) is 0 Å². The smallest absolute Gasteiger partial charge is 0.206 e. The highest BCUT2D eigenvalue weighted by Gasteiger charge is 2.21. The average molecular weight is 183 g/mol. The van der Waals surface area contributed by atoms with Crippen molar-refractivity contribution >= 4 is 14.3 Å². The fraction of sp³-hybridized carbons (Fsp3) is 0.900. The summed E-state index contributed by atoms with van der Waals surface area (Å²) in [7, 11) is 2.15. The van der Waals surface area contributed by atoms with Crippen LogP contribution in [0.4, 0.5) is 0 Å². The molecule has 0 heterocycles. The molecule has 0 rings (SSSR count). The lowest BCUT2D eigenvalue weighted by molar-refractivity contribution is -0.110. The molecule has 76 valence electrons. The first-order chi connectivity index (χ1) is 6.18. The number of hydrogen-bond acceptors (Lipinski definition) is 1. The normalized spacial score (nSPS) is 11.2. The highest BCUT2D eigenvalue weighted by Crippen LogP contribution is 2.17. The van der Waals surface area contributed by atoms with Crippen LogP contribution in [0.5, 0.6) is 0 Å². The molecule has 0 atom stereocenters. The Bertz CT molecular complexity index is 131. The first-order valence-electron chi connectivity index (χ1n) is 5.40. The van der Waals surface area contributed by atoms with Gasteiger partial charge in [0.15, 0.2) is 0 Å². The maximum atomic E-state index is 10.4. The molecule has 0 aliphatic rings. The summed E-state index contributed by atoms with van der Waals surface area (Å²) in [5, 5.41) is 2.95. The van der Waals surface area contributed by atoms with Gasteiger partial charge in [-0.1, -0.05) is 39.5 Å². The Balaban J connectivity index is 3.90. The van der Waals surface area contributed by atoms with E-state index in [1.807, 2.05) is 0 Å². The lowest BCUT2D eigenvalue weighted by atomic mass is 9.70. The quantitative estimate of drug-likeness (QED) is 0.447. The molecule has 2 nitrogen and oxygen atoms in total. The predicted octanol–water partition coefficient (Wildman–Crippen LogP) is 1.44. The molecule has 13 heavy (non-hydrogen) atoms. The largest absolute Gasteiger partial charge is 0.361 e. The van der Waals surface area contributed by atoms with Crippen LogP contribution < -0.4 is 5.32 Å². The van der Waals surface area contributed by atoms with Gasteiger partial charge in [-0.25, -0.2) is 0 Å². The van der Waals surface area contributed by atoms with Crippen LogP contribution in [0.25, 0.3) is 0 Å². The molecule has 1 amide bonds. The maximum Gasteiger partial charge on any atom is 0.206 e. The van der Waals surface area contributed by atoms with Crippen LogP contribution in [0.1, 0.15) is 52.4 Å². The Kier molecular flexibility index (Phi) is 6.74. The third-order valence-electron chi connectivity index (χ3n) is 2.57. The van der Waals surface area contributed by atoms with E-state index in [1.165, 1.54) is 25.7 Å². The van der Waals surface area contributed by atoms with Gasteiger partial charge in [-0.3, -0.25) is 4.79 Å². The zero-order valence-corrected chi connectivity index (χ0v) is 9.23. The van der Waals surface area contributed by atoms with E-state index >= 15 is 0 Å². The van der Waals surface area contributed by atoms with Crippen molar-refractivity contribution in [1.29, 1.82) is 0 Å². The third kappa shape index (κ3) is 5.72. The maximum absolute atomic E-state index is 10.4. The Morgan fingerprint density at radius 2 is 1.69 bits per heavy atom. The molecule has 0 fully saturated rings. The van der Waals surface area contributed by atoms with E-state index in [1.54, 1.807) is 0 Å². The van der Waals surface area contributed by atoms with E-state index in [4.69, 9.17) is 0 Å². The molecule has 0 spiro atoms. The van der Waals surface area contributed by atoms with E-state index in [0.29, 0.717) is 0 Å². The van der Waals surface area contributed by atoms with Gasteiger partial charge in [-0.05, 0) is 12.8 Å². The highest BCUT2D eigenvalue weighted by molar-refractivity contribution is 6.16. The van der Waals surface area contributed by atoms with E-state index < -0.39 is 0 Å². The summed E-state index contributed by atoms with van der Waals surface area (Å²) in [5.74, 6) is 0. The van der Waals surface area contributed by atoms with E-state index in [9.17, 15) is 4.79 Å². The molecule has 0 saturated carbocycles. The summed E-state index contributed by atoms with van der Waals surface area (Å²) in [6.45, 7) is 4.36. The van der Waals surface area contributed by atoms with E-state index in [0.717, 1.165) is 19.3 Å². The van der Waals surface area contributed by atoms with Gasteiger partial charge >= 0.3 is 0 Å². The van der Waals surface area contributed by atoms with Crippen LogP contribution >= 0.6 is 0 Å². The molecule has 0 aliphatic heterocycles. The van der Waals surface area contributed by atoms with Crippen molar-refractivity contribution in [2.45, 2.75) is 57.8 Å². The molecule has 3 heteroatoms. The summed E-state index contributed by atoms with van der Waals surface area (Å²) in [4.78, 5) is 10.4. The molecule has 0 unspecified atom stereocenters. The van der Waals surface area contributed by atoms with Gasteiger partial charge in [0.1, 0.15) is 7.85 Å². The lowest BCUT2D eigenvalue weighted by Crippen LogP contribution is -2.45. The Labute approximate surface area is 82.9 Å². The second-order valence-electron chi connectivity index (χ2n) is 4.03. The van der Waals surface area contributed by atoms with Crippen LogP contribution in [0.2, 0.25) is 0 Å². The third-order valence-corrected chi connectivity index (χ3v) is 2.57. The molecule has 0 aromatic rings. The minimum Gasteiger partial charge on any atom is -0.361 e. The summed E-state index contributed by atoms with van der Waals surface area (Å²) in [6.07, 6.45) is 7.82. The van der Waals surface area contributed by atoms with Crippen LogP contribution in [0, 0.1) is 0 Å². The van der Waals surface area contributed by atoms with Crippen molar-refractivity contribution in [3.8, 4) is 0 Å². The fourth-order valence-electron chi connectivity index (χ4n) is 1.55.